The Kier molecular flexibility index (Phi) is 6.69. The van der Waals surface area contributed by atoms with Gasteiger partial charge < -0.3 is 20.1 Å². The number of aromatic nitrogens is 3. The highest BCUT2D eigenvalue weighted by atomic mass is 32.2. The maximum absolute atomic E-state index is 12.2. The van der Waals surface area contributed by atoms with Gasteiger partial charge in [-0.05, 0) is 54.1 Å². The number of sulfonamides is 1. The zero-order valence-corrected chi connectivity index (χ0v) is 21.5. The van der Waals surface area contributed by atoms with Crippen molar-refractivity contribution in [2.45, 2.75) is 6.54 Å². The Morgan fingerprint density at radius 3 is 2.59 bits per heavy atom. The summed E-state index contributed by atoms with van der Waals surface area (Å²) in [5.41, 5.74) is 4.44. The lowest BCUT2D eigenvalue weighted by Gasteiger charge is -2.29. The Morgan fingerprint density at radius 2 is 1.89 bits per heavy atom. The molecular weight excluding hydrogens is 488 g/mol. The summed E-state index contributed by atoms with van der Waals surface area (Å²) in [5, 5.41) is 16.9. The van der Waals surface area contributed by atoms with Crippen LogP contribution in [0.25, 0.3) is 11.0 Å². The topological polar surface area (TPSA) is 119 Å². The molecule has 0 amide bonds. The molecule has 2 aromatic heterocycles. The van der Waals surface area contributed by atoms with E-state index in [2.05, 4.69) is 38.7 Å². The molecule has 1 aliphatic heterocycles. The zero-order valence-electron chi connectivity index (χ0n) is 20.7. The molecule has 0 bridgehead atoms. The van der Waals surface area contributed by atoms with E-state index in [0.29, 0.717) is 35.0 Å². The number of nitrogens with one attached hydrogen (secondary N) is 2. The molecule has 0 spiro atoms. The van der Waals surface area contributed by atoms with Crippen molar-refractivity contribution in [3.05, 3.63) is 72.1 Å². The molecule has 4 aromatic rings. The van der Waals surface area contributed by atoms with Gasteiger partial charge in [0, 0.05) is 62.4 Å². The average Bonchev–Trinajstić information content (AvgIpc) is 3.30. The highest BCUT2D eigenvalue weighted by Gasteiger charge is 2.18. The quantitative estimate of drug-likeness (QED) is 0.385. The van der Waals surface area contributed by atoms with Gasteiger partial charge in [-0.15, -0.1) is 0 Å². The molecule has 5 rings (SSSR count). The number of nitriles is 1. The van der Waals surface area contributed by atoms with E-state index in [0.717, 1.165) is 43.5 Å². The second-order valence-corrected chi connectivity index (χ2v) is 11.0. The number of anilines is 4. The van der Waals surface area contributed by atoms with Crippen LogP contribution in [0.2, 0.25) is 0 Å². The minimum atomic E-state index is -3.47. The summed E-state index contributed by atoms with van der Waals surface area (Å²) in [6.07, 6.45) is 4.79. The average molecular weight is 517 g/mol. The molecule has 37 heavy (non-hydrogen) atoms. The van der Waals surface area contributed by atoms with Crippen LogP contribution in [0.4, 0.5) is 23.0 Å². The highest BCUT2D eigenvalue weighted by Crippen LogP contribution is 2.26. The van der Waals surface area contributed by atoms with Crippen LogP contribution in [0.15, 0.2) is 60.9 Å². The van der Waals surface area contributed by atoms with E-state index in [1.54, 1.807) is 24.4 Å². The number of piperazine rings is 1. The highest BCUT2D eigenvalue weighted by molar-refractivity contribution is 7.92. The van der Waals surface area contributed by atoms with E-state index in [4.69, 9.17) is 4.98 Å². The van der Waals surface area contributed by atoms with Gasteiger partial charge in [0.1, 0.15) is 5.65 Å². The second kappa shape index (κ2) is 10.1. The lowest BCUT2D eigenvalue weighted by atomic mass is 10.1. The van der Waals surface area contributed by atoms with Crippen LogP contribution < -0.4 is 19.8 Å². The minimum absolute atomic E-state index is 0.337. The molecule has 1 saturated heterocycles. The van der Waals surface area contributed by atoms with Gasteiger partial charge in [-0.3, -0.25) is 4.31 Å². The Bertz CT molecular complexity index is 1570. The third-order valence-corrected chi connectivity index (χ3v) is 7.69. The lowest BCUT2D eigenvalue weighted by molar-refractivity contribution is 0.589. The van der Waals surface area contributed by atoms with Crippen molar-refractivity contribution in [3.8, 4) is 6.07 Å². The zero-order chi connectivity index (χ0) is 26.0. The molecule has 3 heterocycles. The van der Waals surface area contributed by atoms with Crippen LogP contribution in [-0.4, -0.2) is 62.4 Å². The van der Waals surface area contributed by atoms with E-state index < -0.39 is 10.0 Å². The van der Waals surface area contributed by atoms with Crippen LogP contribution in [0.5, 0.6) is 0 Å². The van der Waals surface area contributed by atoms with Crippen molar-refractivity contribution in [2.75, 3.05) is 54.0 Å². The number of nitrogens with zero attached hydrogens (tertiary/aromatic N) is 6. The third-order valence-electron chi connectivity index (χ3n) is 6.49. The summed E-state index contributed by atoms with van der Waals surface area (Å²) in [5.74, 6) is 0.460. The number of hydrogen-bond donors (Lipinski definition) is 2. The van der Waals surface area contributed by atoms with E-state index in [1.807, 2.05) is 29.0 Å². The first-order chi connectivity index (χ1) is 17.8. The third kappa shape index (κ3) is 5.35. The predicted molar refractivity (Wildman–Crippen MR) is 146 cm³/mol. The van der Waals surface area contributed by atoms with Crippen LogP contribution in [0.1, 0.15) is 11.1 Å². The van der Waals surface area contributed by atoms with Gasteiger partial charge in [0.2, 0.25) is 16.0 Å². The Balaban J connectivity index is 1.41. The fourth-order valence-electron chi connectivity index (χ4n) is 4.42. The molecule has 0 radical (unpaired) electrons. The van der Waals surface area contributed by atoms with Gasteiger partial charge >= 0.3 is 0 Å². The van der Waals surface area contributed by atoms with Crippen LogP contribution in [-0.2, 0) is 16.6 Å². The predicted octanol–water partition coefficient (Wildman–Crippen LogP) is 2.90. The number of benzene rings is 2. The monoisotopic (exact) mass is 516 g/mol. The van der Waals surface area contributed by atoms with Gasteiger partial charge in [0.15, 0.2) is 0 Å². The minimum Gasteiger partial charge on any atom is -0.369 e. The van der Waals surface area contributed by atoms with E-state index in [1.165, 1.54) is 17.0 Å². The van der Waals surface area contributed by atoms with Crippen molar-refractivity contribution in [1.29, 1.82) is 5.26 Å². The SMILES string of the molecule is CN(c1ccc(C#N)cc1Cn1ccc2cnc(Nc3ccc(N4CCNCC4)cc3)nc21)S(C)(=O)=O. The molecule has 2 N–H and O–H groups in total. The van der Waals surface area contributed by atoms with E-state index in [9.17, 15) is 13.7 Å². The van der Waals surface area contributed by atoms with Gasteiger partial charge in [-0.25, -0.2) is 13.4 Å². The summed E-state index contributed by atoms with van der Waals surface area (Å²) >= 11 is 0. The molecule has 1 fully saturated rings. The molecule has 0 unspecified atom stereocenters. The Morgan fingerprint density at radius 1 is 1.14 bits per heavy atom. The van der Waals surface area contributed by atoms with Gasteiger partial charge in [0.25, 0.3) is 0 Å². The lowest BCUT2D eigenvalue weighted by Crippen LogP contribution is -2.43. The molecule has 1 aliphatic rings. The molecule has 190 valence electrons. The number of rotatable bonds is 7. The van der Waals surface area contributed by atoms with Crippen LogP contribution in [0.3, 0.4) is 0 Å². The van der Waals surface area contributed by atoms with Crippen molar-refractivity contribution in [3.63, 3.8) is 0 Å². The maximum Gasteiger partial charge on any atom is 0.232 e. The summed E-state index contributed by atoms with van der Waals surface area (Å²) < 4.78 is 27.6. The summed E-state index contributed by atoms with van der Waals surface area (Å²) in [7, 11) is -1.97. The summed E-state index contributed by atoms with van der Waals surface area (Å²) in [6.45, 7) is 4.29. The van der Waals surface area contributed by atoms with Gasteiger partial charge in [-0.1, -0.05) is 0 Å². The largest absolute Gasteiger partial charge is 0.369 e. The molecule has 0 aliphatic carbocycles. The standard InChI is InChI=1S/C26H28N8O2S/c1-32(37(2,35)36)24-8-3-19(16-27)15-21(24)18-34-12-9-20-17-29-26(31-25(20)34)30-22-4-6-23(7-5-22)33-13-10-28-11-14-33/h3-9,12,15,17,28H,10-11,13-14,18H2,1-2H3,(H,29,30,31). The Hall–Kier alpha value is -4.14. The molecule has 0 atom stereocenters. The van der Waals surface area contributed by atoms with E-state index in [-0.39, 0.29) is 0 Å². The van der Waals surface area contributed by atoms with Gasteiger partial charge in [0.05, 0.1) is 30.1 Å². The fourth-order valence-corrected chi connectivity index (χ4v) is 4.95. The first-order valence-corrected chi connectivity index (χ1v) is 13.8. The van der Waals surface area contributed by atoms with Crippen molar-refractivity contribution >= 4 is 44.1 Å². The Labute approximate surface area is 216 Å². The number of fused-ring (bicyclic) bond motifs is 1. The molecule has 10 nitrogen and oxygen atoms in total. The first kappa shape index (κ1) is 24.5. The molecular formula is C26H28N8O2S. The molecule has 0 saturated carbocycles. The van der Waals surface area contributed by atoms with Crippen molar-refractivity contribution < 1.29 is 8.42 Å². The second-order valence-electron chi connectivity index (χ2n) is 9.01. The smallest absolute Gasteiger partial charge is 0.232 e. The fraction of sp³-hybridized carbons (Fsp3) is 0.269. The summed E-state index contributed by atoms with van der Waals surface area (Å²) in [4.78, 5) is 11.5. The number of hydrogen-bond acceptors (Lipinski definition) is 8. The van der Waals surface area contributed by atoms with Crippen molar-refractivity contribution in [1.82, 2.24) is 19.9 Å². The van der Waals surface area contributed by atoms with Crippen LogP contribution in [0, 0.1) is 11.3 Å². The molecule has 11 heteroatoms. The van der Waals surface area contributed by atoms with Crippen molar-refractivity contribution in [2.24, 2.45) is 0 Å². The van der Waals surface area contributed by atoms with E-state index >= 15 is 0 Å². The first-order valence-electron chi connectivity index (χ1n) is 11.9. The maximum atomic E-state index is 12.2. The normalized spacial score (nSPS) is 13.9. The van der Waals surface area contributed by atoms with Gasteiger partial charge in [-0.2, -0.15) is 10.2 Å². The summed E-state index contributed by atoms with van der Waals surface area (Å²) in [6, 6.07) is 17.3. The molecule has 2 aromatic carbocycles. The van der Waals surface area contributed by atoms with Crippen LogP contribution >= 0.6 is 0 Å².